The molecule has 0 aliphatic rings. The van der Waals surface area contributed by atoms with Gasteiger partial charge in [0.2, 0.25) is 0 Å². The number of anilines is 1. The Hall–Kier alpha value is -1.55. The van der Waals surface area contributed by atoms with Crippen molar-refractivity contribution in [3.05, 3.63) is 40.7 Å². The van der Waals surface area contributed by atoms with Gasteiger partial charge in [-0.05, 0) is 26.8 Å². The molecule has 17 heavy (non-hydrogen) atoms. The van der Waals surface area contributed by atoms with E-state index in [0.717, 1.165) is 17.1 Å². The first kappa shape index (κ1) is 11.9. The fraction of sp³-hybridized carbons (Fsp3) is 0.333. The quantitative estimate of drug-likeness (QED) is 0.907. The van der Waals surface area contributed by atoms with Crippen LogP contribution in [0.1, 0.15) is 30.0 Å². The van der Waals surface area contributed by atoms with Crippen LogP contribution in [0.2, 0.25) is 5.15 Å². The third-order valence-corrected chi connectivity index (χ3v) is 2.70. The monoisotopic (exact) mass is 251 g/mol. The smallest absolute Gasteiger partial charge is 0.149 e. The Morgan fingerprint density at radius 1 is 1.35 bits per heavy atom. The van der Waals surface area contributed by atoms with Crippen molar-refractivity contribution in [2.24, 2.45) is 0 Å². The molecule has 0 aliphatic carbocycles. The van der Waals surface area contributed by atoms with Gasteiger partial charge in [0.15, 0.2) is 0 Å². The van der Waals surface area contributed by atoms with Crippen molar-refractivity contribution in [3.8, 4) is 0 Å². The lowest BCUT2D eigenvalue weighted by molar-refractivity contribution is 0.499. The Balaban J connectivity index is 2.16. The lowest BCUT2D eigenvalue weighted by Gasteiger charge is -2.13. The summed E-state index contributed by atoms with van der Waals surface area (Å²) >= 11 is 5.78. The first-order valence-electron chi connectivity index (χ1n) is 5.37. The Labute approximate surface area is 105 Å². The number of nitrogens with zero attached hydrogens (tertiary/aromatic N) is 2. The van der Waals surface area contributed by atoms with Gasteiger partial charge in [-0.1, -0.05) is 11.6 Å². The van der Waals surface area contributed by atoms with E-state index in [1.165, 1.54) is 6.20 Å². The zero-order chi connectivity index (χ0) is 12.4. The number of rotatable bonds is 3. The molecular weight excluding hydrogens is 238 g/mol. The van der Waals surface area contributed by atoms with Gasteiger partial charge < -0.3 is 9.73 Å². The zero-order valence-electron chi connectivity index (χ0n) is 9.99. The second-order valence-electron chi connectivity index (χ2n) is 3.96. The SMILES string of the molecule is Cc1cc([C@@H](C)Nc2cncc(Cl)n2)c(C)o1. The first-order chi connectivity index (χ1) is 8.06. The van der Waals surface area contributed by atoms with Crippen molar-refractivity contribution < 1.29 is 4.42 Å². The van der Waals surface area contributed by atoms with E-state index in [-0.39, 0.29) is 6.04 Å². The van der Waals surface area contributed by atoms with E-state index in [0.29, 0.717) is 11.0 Å². The summed E-state index contributed by atoms with van der Waals surface area (Å²) in [6, 6.07) is 2.12. The zero-order valence-corrected chi connectivity index (χ0v) is 10.7. The van der Waals surface area contributed by atoms with Crippen LogP contribution in [0.5, 0.6) is 0 Å². The van der Waals surface area contributed by atoms with Gasteiger partial charge in [-0.15, -0.1) is 0 Å². The molecule has 90 valence electrons. The molecule has 1 atom stereocenters. The Morgan fingerprint density at radius 2 is 2.12 bits per heavy atom. The molecule has 0 aromatic carbocycles. The van der Waals surface area contributed by atoms with Gasteiger partial charge in [0.25, 0.3) is 0 Å². The van der Waals surface area contributed by atoms with Crippen molar-refractivity contribution in [1.29, 1.82) is 0 Å². The summed E-state index contributed by atoms with van der Waals surface area (Å²) in [5.41, 5.74) is 1.12. The highest BCUT2D eigenvalue weighted by Gasteiger charge is 2.13. The highest BCUT2D eigenvalue weighted by Crippen LogP contribution is 2.24. The van der Waals surface area contributed by atoms with Crippen LogP contribution in [0, 0.1) is 13.8 Å². The van der Waals surface area contributed by atoms with Crippen molar-refractivity contribution in [2.75, 3.05) is 5.32 Å². The number of aromatic nitrogens is 2. The highest BCUT2D eigenvalue weighted by atomic mass is 35.5. The van der Waals surface area contributed by atoms with Crippen LogP contribution in [-0.4, -0.2) is 9.97 Å². The summed E-state index contributed by atoms with van der Waals surface area (Å²) in [5.74, 6) is 2.48. The lowest BCUT2D eigenvalue weighted by Crippen LogP contribution is -2.08. The summed E-state index contributed by atoms with van der Waals surface area (Å²) < 4.78 is 5.49. The van der Waals surface area contributed by atoms with E-state index in [1.54, 1.807) is 6.20 Å². The fourth-order valence-electron chi connectivity index (χ4n) is 1.79. The second kappa shape index (κ2) is 4.75. The van der Waals surface area contributed by atoms with Gasteiger partial charge in [0, 0.05) is 5.56 Å². The van der Waals surface area contributed by atoms with Gasteiger partial charge in [-0.2, -0.15) is 0 Å². The third-order valence-electron chi connectivity index (χ3n) is 2.52. The first-order valence-corrected chi connectivity index (χ1v) is 5.75. The molecule has 0 fully saturated rings. The minimum absolute atomic E-state index is 0.0974. The fourth-order valence-corrected chi connectivity index (χ4v) is 1.94. The maximum absolute atomic E-state index is 5.78. The van der Waals surface area contributed by atoms with Crippen LogP contribution in [0.15, 0.2) is 22.9 Å². The summed E-state index contributed by atoms with van der Waals surface area (Å²) in [5, 5.41) is 3.61. The molecule has 2 aromatic rings. The van der Waals surface area contributed by atoms with Gasteiger partial charge >= 0.3 is 0 Å². The van der Waals surface area contributed by atoms with E-state index in [9.17, 15) is 0 Å². The maximum Gasteiger partial charge on any atom is 0.149 e. The summed E-state index contributed by atoms with van der Waals surface area (Å²) in [4.78, 5) is 8.11. The van der Waals surface area contributed by atoms with Gasteiger partial charge in [0.05, 0.1) is 18.4 Å². The number of nitrogens with one attached hydrogen (secondary N) is 1. The molecule has 2 aromatic heterocycles. The number of aryl methyl sites for hydroxylation is 2. The predicted octanol–water partition coefficient (Wildman–Crippen LogP) is 3.51. The number of furan rings is 1. The van der Waals surface area contributed by atoms with Crippen LogP contribution in [0.3, 0.4) is 0 Å². The topological polar surface area (TPSA) is 51.0 Å². The van der Waals surface area contributed by atoms with Gasteiger partial charge in [-0.3, -0.25) is 4.98 Å². The number of halogens is 1. The Bertz CT molecular complexity index is 524. The minimum atomic E-state index is 0.0974. The van der Waals surface area contributed by atoms with E-state index in [2.05, 4.69) is 15.3 Å². The van der Waals surface area contributed by atoms with Crippen molar-refractivity contribution in [2.45, 2.75) is 26.8 Å². The van der Waals surface area contributed by atoms with Crippen LogP contribution in [-0.2, 0) is 0 Å². The molecule has 0 spiro atoms. The van der Waals surface area contributed by atoms with Crippen molar-refractivity contribution >= 4 is 17.4 Å². The lowest BCUT2D eigenvalue weighted by atomic mass is 10.1. The second-order valence-corrected chi connectivity index (χ2v) is 4.35. The number of hydrogen-bond donors (Lipinski definition) is 1. The average molecular weight is 252 g/mol. The Kier molecular flexibility index (Phi) is 3.33. The molecule has 4 nitrogen and oxygen atoms in total. The molecule has 1 N–H and O–H groups in total. The molecular formula is C12H14ClN3O. The molecule has 2 rings (SSSR count). The highest BCUT2D eigenvalue weighted by molar-refractivity contribution is 6.29. The molecule has 0 unspecified atom stereocenters. The minimum Gasteiger partial charge on any atom is -0.466 e. The number of hydrogen-bond acceptors (Lipinski definition) is 4. The van der Waals surface area contributed by atoms with E-state index >= 15 is 0 Å². The van der Waals surface area contributed by atoms with Crippen LogP contribution < -0.4 is 5.32 Å². The maximum atomic E-state index is 5.78. The molecule has 2 heterocycles. The van der Waals surface area contributed by atoms with Crippen LogP contribution in [0.25, 0.3) is 0 Å². The molecule has 0 saturated carbocycles. The third kappa shape index (κ3) is 2.77. The largest absolute Gasteiger partial charge is 0.466 e. The van der Waals surface area contributed by atoms with Crippen LogP contribution in [0.4, 0.5) is 5.82 Å². The normalized spacial score (nSPS) is 12.5. The molecule has 0 saturated heterocycles. The summed E-state index contributed by atoms with van der Waals surface area (Å²) in [6.07, 6.45) is 3.15. The summed E-state index contributed by atoms with van der Waals surface area (Å²) in [7, 11) is 0. The van der Waals surface area contributed by atoms with Gasteiger partial charge in [-0.25, -0.2) is 4.98 Å². The van der Waals surface area contributed by atoms with Crippen molar-refractivity contribution in [1.82, 2.24) is 9.97 Å². The van der Waals surface area contributed by atoms with Crippen molar-refractivity contribution in [3.63, 3.8) is 0 Å². The molecule has 0 amide bonds. The van der Waals surface area contributed by atoms with Crippen LogP contribution >= 0.6 is 11.6 Å². The molecule has 5 heteroatoms. The average Bonchev–Trinajstić information content (AvgIpc) is 2.58. The van der Waals surface area contributed by atoms with E-state index < -0.39 is 0 Å². The van der Waals surface area contributed by atoms with Gasteiger partial charge in [0.1, 0.15) is 22.5 Å². The molecule has 0 aliphatic heterocycles. The van der Waals surface area contributed by atoms with E-state index in [1.807, 2.05) is 26.8 Å². The summed E-state index contributed by atoms with van der Waals surface area (Å²) in [6.45, 7) is 5.92. The predicted molar refractivity (Wildman–Crippen MR) is 67.3 cm³/mol. The molecule has 0 radical (unpaired) electrons. The van der Waals surface area contributed by atoms with E-state index in [4.69, 9.17) is 16.0 Å². The Morgan fingerprint density at radius 3 is 2.71 bits per heavy atom. The standard InChI is InChI=1S/C12H14ClN3O/c1-7-4-10(9(3)17-7)8(2)15-12-6-14-5-11(13)16-12/h4-6,8H,1-3H3,(H,15,16)/t8-/m1/s1. The molecule has 0 bridgehead atoms.